The van der Waals surface area contributed by atoms with Gasteiger partial charge in [0, 0.05) is 22.1 Å². The van der Waals surface area contributed by atoms with Crippen molar-refractivity contribution < 1.29 is 4.74 Å². The molecule has 1 aliphatic rings. The molecule has 4 heteroatoms. The number of nitrogens with two attached hydrogens (primary N) is 1. The van der Waals surface area contributed by atoms with E-state index in [0.717, 1.165) is 23.3 Å². The minimum Gasteiger partial charge on any atom is -0.496 e. The average molecular weight is 341 g/mol. The summed E-state index contributed by atoms with van der Waals surface area (Å²) in [5.74, 6) is 1.46. The Bertz CT molecular complexity index is 450. The molecule has 2 atom stereocenters. The Morgan fingerprint density at radius 3 is 2.80 bits per heavy atom. The van der Waals surface area contributed by atoms with Gasteiger partial charge >= 0.3 is 0 Å². The Balaban J connectivity index is 2.45. The number of methoxy groups -OCH3 is 1. The molecule has 1 aromatic rings. The molecule has 2 rings (SSSR count). The van der Waals surface area contributed by atoms with Gasteiger partial charge in [0.15, 0.2) is 0 Å². The minimum atomic E-state index is 0.348. The van der Waals surface area contributed by atoms with Gasteiger partial charge in [-0.15, -0.1) is 0 Å². The van der Waals surface area contributed by atoms with E-state index in [1.54, 1.807) is 7.11 Å². The Morgan fingerprint density at radius 1 is 1.45 bits per heavy atom. The third kappa shape index (κ3) is 3.18. The van der Waals surface area contributed by atoms with E-state index in [2.05, 4.69) is 40.7 Å². The molecule has 1 heterocycles. The summed E-state index contributed by atoms with van der Waals surface area (Å²) in [6, 6.07) is 7.12. The van der Waals surface area contributed by atoms with Crippen LogP contribution in [0.4, 0.5) is 0 Å². The van der Waals surface area contributed by atoms with E-state index in [9.17, 15) is 0 Å². The number of halogens is 1. The molecule has 0 saturated carbocycles. The summed E-state index contributed by atoms with van der Waals surface area (Å²) >= 11 is 3.59. The van der Waals surface area contributed by atoms with E-state index in [1.165, 1.54) is 18.4 Å². The van der Waals surface area contributed by atoms with Crippen LogP contribution in [0.15, 0.2) is 22.7 Å². The number of hydrogen-bond donors (Lipinski definition) is 1. The Hall–Kier alpha value is -0.580. The van der Waals surface area contributed by atoms with Crippen molar-refractivity contribution in [3.63, 3.8) is 0 Å². The smallest absolute Gasteiger partial charge is 0.123 e. The second-order valence-corrected chi connectivity index (χ2v) is 6.72. The van der Waals surface area contributed by atoms with Crippen LogP contribution in [0.1, 0.15) is 38.3 Å². The second-order valence-electron chi connectivity index (χ2n) is 5.80. The summed E-state index contributed by atoms with van der Waals surface area (Å²) in [6.07, 6.45) is 2.42. The first-order chi connectivity index (χ1) is 9.58. The molecule has 0 spiro atoms. The Labute approximate surface area is 130 Å². The summed E-state index contributed by atoms with van der Waals surface area (Å²) in [6.45, 7) is 6.38. The lowest BCUT2D eigenvalue weighted by Crippen LogP contribution is -2.45. The standard InChI is InChI=1S/C16H25BrN2O/c1-11(2)19-8-4-5-12(10-18)16(19)14-9-13(17)6-7-15(14)20-3/h6-7,9,11-12,16H,4-5,8,10,18H2,1-3H3. The molecule has 0 radical (unpaired) electrons. The van der Waals surface area contributed by atoms with Crippen molar-refractivity contribution in [1.82, 2.24) is 4.90 Å². The van der Waals surface area contributed by atoms with E-state index in [0.29, 0.717) is 18.0 Å². The van der Waals surface area contributed by atoms with Crippen molar-refractivity contribution in [3.05, 3.63) is 28.2 Å². The van der Waals surface area contributed by atoms with E-state index in [4.69, 9.17) is 10.5 Å². The number of benzene rings is 1. The maximum absolute atomic E-state index is 6.04. The molecule has 3 nitrogen and oxygen atoms in total. The van der Waals surface area contributed by atoms with Crippen LogP contribution in [-0.2, 0) is 0 Å². The number of likely N-dealkylation sites (tertiary alicyclic amines) is 1. The summed E-state index contributed by atoms with van der Waals surface area (Å²) in [5.41, 5.74) is 7.30. The fourth-order valence-electron chi connectivity index (χ4n) is 3.30. The van der Waals surface area contributed by atoms with Crippen LogP contribution < -0.4 is 10.5 Å². The van der Waals surface area contributed by atoms with E-state index in [-0.39, 0.29) is 0 Å². The van der Waals surface area contributed by atoms with Crippen LogP contribution in [0, 0.1) is 5.92 Å². The number of rotatable bonds is 4. The van der Waals surface area contributed by atoms with Crippen LogP contribution in [0.3, 0.4) is 0 Å². The van der Waals surface area contributed by atoms with Gasteiger partial charge in [-0.3, -0.25) is 4.90 Å². The lowest BCUT2D eigenvalue weighted by atomic mass is 9.83. The van der Waals surface area contributed by atoms with Crippen molar-refractivity contribution in [1.29, 1.82) is 0 Å². The van der Waals surface area contributed by atoms with Crippen LogP contribution in [0.2, 0.25) is 0 Å². The molecule has 20 heavy (non-hydrogen) atoms. The molecule has 112 valence electrons. The third-order valence-electron chi connectivity index (χ3n) is 4.27. The SMILES string of the molecule is COc1ccc(Br)cc1C1C(CN)CCCN1C(C)C. The van der Waals surface area contributed by atoms with Gasteiger partial charge in [-0.2, -0.15) is 0 Å². The van der Waals surface area contributed by atoms with Crippen LogP contribution in [-0.4, -0.2) is 31.1 Å². The van der Waals surface area contributed by atoms with Gasteiger partial charge in [-0.25, -0.2) is 0 Å². The second kappa shape index (κ2) is 6.92. The van der Waals surface area contributed by atoms with E-state index < -0.39 is 0 Å². The molecular weight excluding hydrogens is 316 g/mol. The van der Waals surface area contributed by atoms with Gasteiger partial charge in [-0.05, 0) is 63.9 Å². The quantitative estimate of drug-likeness (QED) is 0.910. The van der Waals surface area contributed by atoms with Crippen molar-refractivity contribution in [2.24, 2.45) is 11.7 Å². The van der Waals surface area contributed by atoms with Gasteiger partial charge in [-0.1, -0.05) is 15.9 Å². The summed E-state index contributed by atoms with van der Waals surface area (Å²) in [5, 5.41) is 0. The van der Waals surface area contributed by atoms with Crippen LogP contribution in [0.5, 0.6) is 5.75 Å². The van der Waals surface area contributed by atoms with Gasteiger partial charge in [0.2, 0.25) is 0 Å². The van der Waals surface area contributed by atoms with Crippen molar-refractivity contribution in [2.75, 3.05) is 20.2 Å². The number of hydrogen-bond acceptors (Lipinski definition) is 3. The Kier molecular flexibility index (Phi) is 5.47. The zero-order chi connectivity index (χ0) is 14.7. The van der Waals surface area contributed by atoms with Crippen LogP contribution in [0.25, 0.3) is 0 Å². The largest absolute Gasteiger partial charge is 0.496 e. The fourth-order valence-corrected chi connectivity index (χ4v) is 3.68. The molecule has 1 aliphatic heterocycles. The molecule has 1 fully saturated rings. The van der Waals surface area contributed by atoms with Gasteiger partial charge in [0.05, 0.1) is 7.11 Å². The molecular formula is C16H25BrN2O. The van der Waals surface area contributed by atoms with Crippen molar-refractivity contribution >= 4 is 15.9 Å². The summed E-state index contributed by atoms with van der Waals surface area (Å²) < 4.78 is 6.68. The third-order valence-corrected chi connectivity index (χ3v) is 4.76. The topological polar surface area (TPSA) is 38.5 Å². The van der Waals surface area contributed by atoms with Gasteiger partial charge in [0.25, 0.3) is 0 Å². The maximum atomic E-state index is 6.04. The first kappa shape index (κ1) is 15.8. The highest BCUT2D eigenvalue weighted by Crippen LogP contribution is 2.41. The van der Waals surface area contributed by atoms with Crippen molar-refractivity contribution in [3.8, 4) is 5.75 Å². The fraction of sp³-hybridized carbons (Fsp3) is 0.625. The zero-order valence-electron chi connectivity index (χ0n) is 12.6. The molecule has 0 aliphatic carbocycles. The lowest BCUT2D eigenvalue weighted by Gasteiger charge is -2.44. The van der Waals surface area contributed by atoms with Crippen molar-refractivity contribution in [2.45, 2.75) is 38.8 Å². The van der Waals surface area contributed by atoms with Gasteiger partial charge < -0.3 is 10.5 Å². The monoisotopic (exact) mass is 340 g/mol. The van der Waals surface area contributed by atoms with E-state index in [1.807, 2.05) is 12.1 Å². The predicted octanol–water partition coefficient (Wildman–Crippen LogP) is 3.58. The number of ether oxygens (including phenoxy) is 1. The maximum Gasteiger partial charge on any atom is 0.123 e. The zero-order valence-corrected chi connectivity index (χ0v) is 14.2. The lowest BCUT2D eigenvalue weighted by molar-refractivity contribution is 0.0648. The molecule has 1 aromatic carbocycles. The minimum absolute atomic E-state index is 0.348. The number of piperidine rings is 1. The van der Waals surface area contributed by atoms with Gasteiger partial charge in [0.1, 0.15) is 5.75 Å². The van der Waals surface area contributed by atoms with Crippen LogP contribution >= 0.6 is 15.9 Å². The molecule has 2 N–H and O–H groups in total. The molecule has 1 saturated heterocycles. The molecule has 0 bridgehead atoms. The highest BCUT2D eigenvalue weighted by Gasteiger charge is 2.34. The Morgan fingerprint density at radius 2 is 2.20 bits per heavy atom. The summed E-state index contributed by atoms with van der Waals surface area (Å²) in [4.78, 5) is 2.56. The molecule has 2 unspecified atom stereocenters. The highest BCUT2D eigenvalue weighted by molar-refractivity contribution is 9.10. The number of nitrogens with zero attached hydrogens (tertiary/aromatic N) is 1. The predicted molar refractivity (Wildman–Crippen MR) is 87.1 cm³/mol. The molecule has 0 amide bonds. The first-order valence-electron chi connectivity index (χ1n) is 7.37. The van der Waals surface area contributed by atoms with E-state index >= 15 is 0 Å². The molecule has 0 aromatic heterocycles. The first-order valence-corrected chi connectivity index (χ1v) is 8.17. The summed E-state index contributed by atoms with van der Waals surface area (Å²) in [7, 11) is 1.74. The normalized spacial score (nSPS) is 24.1. The highest BCUT2D eigenvalue weighted by atomic mass is 79.9. The average Bonchev–Trinajstić information content (AvgIpc) is 2.46.